The molecule has 37 heavy (non-hydrogen) atoms. The molecule has 2 amide bonds. The zero-order valence-corrected chi connectivity index (χ0v) is 21.1. The topological polar surface area (TPSA) is 89.1 Å². The maximum Gasteiger partial charge on any atom is 0.258 e. The molecule has 2 aliphatic heterocycles. The molecule has 192 valence electrons. The molecule has 0 fully saturated rings. The van der Waals surface area contributed by atoms with E-state index in [-0.39, 0.29) is 11.8 Å². The van der Waals surface area contributed by atoms with Crippen LogP contribution in [0.2, 0.25) is 0 Å². The molecule has 2 aliphatic rings. The number of nitrogens with one attached hydrogen (secondary N) is 2. The molecular weight excluding hydrogens is 470 g/mol. The van der Waals surface area contributed by atoms with Crippen LogP contribution in [0.3, 0.4) is 0 Å². The van der Waals surface area contributed by atoms with Gasteiger partial charge < -0.3 is 29.7 Å². The summed E-state index contributed by atoms with van der Waals surface area (Å²) in [6.07, 6.45) is 0.777. The van der Waals surface area contributed by atoms with Crippen molar-refractivity contribution in [3.05, 3.63) is 71.3 Å². The monoisotopic (exact) mass is 501 g/mol. The van der Waals surface area contributed by atoms with E-state index in [9.17, 15) is 9.59 Å². The molecule has 2 heterocycles. The van der Waals surface area contributed by atoms with E-state index in [1.54, 1.807) is 13.2 Å². The number of carbonyl (C=O) groups is 2. The summed E-state index contributed by atoms with van der Waals surface area (Å²) in [6.45, 7) is 4.98. The molecule has 0 saturated carbocycles. The Hall–Kier alpha value is -4.04. The van der Waals surface area contributed by atoms with Gasteiger partial charge in [0.1, 0.15) is 19.0 Å². The molecular formula is C29H31N3O5. The molecule has 5 rings (SSSR count). The number of hydrogen-bond acceptors (Lipinski definition) is 6. The van der Waals surface area contributed by atoms with E-state index >= 15 is 0 Å². The molecule has 0 bridgehead atoms. The second-order valence-electron chi connectivity index (χ2n) is 9.05. The van der Waals surface area contributed by atoms with Crippen LogP contribution >= 0.6 is 0 Å². The summed E-state index contributed by atoms with van der Waals surface area (Å²) >= 11 is 0. The summed E-state index contributed by atoms with van der Waals surface area (Å²) in [5, 5.41) is 6.04. The predicted molar refractivity (Wildman–Crippen MR) is 142 cm³/mol. The zero-order valence-electron chi connectivity index (χ0n) is 21.1. The van der Waals surface area contributed by atoms with Crippen LogP contribution in [-0.4, -0.2) is 51.8 Å². The Kier molecular flexibility index (Phi) is 7.28. The van der Waals surface area contributed by atoms with Gasteiger partial charge in [-0.1, -0.05) is 24.3 Å². The Bertz CT molecular complexity index is 1320. The van der Waals surface area contributed by atoms with Crippen molar-refractivity contribution in [3.63, 3.8) is 0 Å². The minimum absolute atomic E-state index is 0.0517. The third-order valence-electron chi connectivity index (χ3n) is 6.65. The predicted octanol–water partition coefficient (Wildman–Crippen LogP) is 3.56. The molecule has 0 aliphatic carbocycles. The summed E-state index contributed by atoms with van der Waals surface area (Å²) in [4.78, 5) is 26.4. The van der Waals surface area contributed by atoms with Gasteiger partial charge in [-0.15, -0.1) is 0 Å². The fourth-order valence-electron chi connectivity index (χ4n) is 4.86. The van der Waals surface area contributed by atoms with Crippen molar-refractivity contribution < 1.29 is 23.8 Å². The highest BCUT2D eigenvalue weighted by atomic mass is 16.6. The van der Waals surface area contributed by atoms with E-state index in [2.05, 4.69) is 16.7 Å². The number of ether oxygens (including phenoxy) is 3. The summed E-state index contributed by atoms with van der Waals surface area (Å²) in [5.74, 6) is 2.07. The summed E-state index contributed by atoms with van der Waals surface area (Å²) < 4.78 is 17.0. The molecule has 0 unspecified atom stereocenters. The summed E-state index contributed by atoms with van der Waals surface area (Å²) in [6, 6.07) is 17.7. The van der Waals surface area contributed by atoms with Crippen LogP contribution in [0.25, 0.3) is 11.1 Å². The molecule has 2 N–H and O–H groups in total. The molecule has 0 saturated heterocycles. The molecule has 0 atom stereocenters. The van der Waals surface area contributed by atoms with Crippen molar-refractivity contribution in [2.45, 2.75) is 19.9 Å². The van der Waals surface area contributed by atoms with Crippen molar-refractivity contribution in [1.82, 2.24) is 10.6 Å². The lowest BCUT2D eigenvalue weighted by molar-refractivity contribution is -0.118. The van der Waals surface area contributed by atoms with E-state index in [1.807, 2.05) is 47.4 Å². The zero-order chi connectivity index (χ0) is 25.8. The van der Waals surface area contributed by atoms with Crippen molar-refractivity contribution in [2.75, 3.05) is 44.9 Å². The number of methoxy groups -OCH3 is 1. The quantitative estimate of drug-likeness (QED) is 0.459. The number of nitrogens with zero attached hydrogens (tertiary/aromatic N) is 1. The SMILES string of the molecule is COc1cc(C(=O)N2CCc3c(-c4ccc5c(c4)OCCO5)cccc32)ccc1CNCCNC(C)=O. The Morgan fingerprint density at radius 3 is 2.65 bits per heavy atom. The fraction of sp³-hybridized carbons (Fsp3) is 0.310. The van der Waals surface area contributed by atoms with Gasteiger partial charge in [0.2, 0.25) is 5.91 Å². The Balaban J connectivity index is 1.33. The van der Waals surface area contributed by atoms with Crippen molar-refractivity contribution >= 4 is 17.5 Å². The second-order valence-corrected chi connectivity index (χ2v) is 9.05. The number of fused-ring (bicyclic) bond motifs is 2. The van der Waals surface area contributed by atoms with Gasteiger partial charge in [-0.3, -0.25) is 9.59 Å². The van der Waals surface area contributed by atoms with Gasteiger partial charge in [-0.25, -0.2) is 0 Å². The molecule has 3 aromatic rings. The van der Waals surface area contributed by atoms with Gasteiger partial charge in [0, 0.05) is 49.9 Å². The normalized spacial score (nSPS) is 13.7. The molecule has 8 nitrogen and oxygen atoms in total. The third kappa shape index (κ3) is 5.24. The first-order valence-corrected chi connectivity index (χ1v) is 12.5. The minimum atomic E-state index is -0.0541. The van der Waals surface area contributed by atoms with Crippen LogP contribution in [0, 0.1) is 0 Å². The molecule has 3 aromatic carbocycles. The Labute approximate surface area is 216 Å². The number of hydrogen-bond donors (Lipinski definition) is 2. The molecule has 8 heteroatoms. The van der Waals surface area contributed by atoms with Gasteiger partial charge in [0.25, 0.3) is 5.91 Å². The maximum atomic E-state index is 13.6. The molecule has 0 spiro atoms. The van der Waals surface area contributed by atoms with Gasteiger partial charge in [0.05, 0.1) is 7.11 Å². The largest absolute Gasteiger partial charge is 0.496 e. The minimum Gasteiger partial charge on any atom is -0.496 e. The first-order valence-electron chi connectivity index (χ1n) is 12.5. The highest BCUT2D eigenvalue weighted by Gasteiger charge is 2.28. The van der Waals surface area contributed by atoms with Gasteiger partial charge in [-0.2, -0.15) is 0 Å². The highest BCUT2D eigenvalue weighted by Crippen LogP contribution is 2.40. The molecule has 0 radical (unpaired) electrons. The number of amides is 2. The lowest BCUT2D eigenvalue weighted by Gasteiger charge is -2.20. The second kappa shape index (κ2) is 10.9. The summed E-state index contributed by atoms with van der Waals surface area (Å²) in [5.41, 5.74) is 5.76. The van der Waals surface area contributed by atoms with Gasteiger partial charge >= 0.3 is 0 Å². The van der Waals surface area contributed by atoms with Crippen LogP contribution in [0.5, 0.6) is 17.2 Å². The first kappa shape index (κ1) is 24.6. The summed E-state index contributed by atoms with van der Waals surface area (Å²) in [7, 11) is 1.61. The van der Waals surface area contributed by atoms with E-state index < -0.39 is 0 Å². The van der Waals surface area contributed by atoms with Gasteiger partial charge in [0.15, 0.2) is 11.5 Å². The van der Waals surface area contributed by atoms with E-state index in [0.29, 0.717) is 50.7 Å². The van der Waals surface area contributed by atoms with E-state index in [1.165, 1.54) is 6.92 Å². The Morgan fingerprint density at radius 1 is 1.00 bits per heavy atom. The van der Waals surface area contributed by atoms with Crippen molar-refractivity contribution in [2.24, 2.45) is 0 Å². The van der Waals surface area contributed by atoms with Crippen LogP contribution in [0.1, 0.15) is 28.4 Å². The van der Waals surface area contributed by atoms with Crippen molar-refractivity contribution in [3.8, 4) is 28.4 Å². The van der Waals surface area contributed by atoms with Crippen molar-refractivity contribution in [1.29, 1.82) is 0 Å². The highest BCUT2D eigenvalue weighted by molar-refractivity contribution is 6.08. The lowest BCUT2D eigenvalue weighted by Crippen LogP contribution is -2.30. The fourth-order valence-corrected chi connectivity index (χ4v) is 4.86. The number of rotatable bonds is 8. The maximum absolute atomic E-state index is 13.6. The van der Waals surface area contributed by atoms with E-state index in [4.69, 9.17) is 14.2 Å². The smallest absolute Gasteiger partial charge is 0.258 e. The number of anilines is 1. The van der Waals surface area contributed by atoms with Gasteiger partial charge in [-0.05, 0) is 53.4 Å². The Morgan fingerprint density at radius 2 is 1.84 bits per heavy atom. The lowest BCUT2D eigenvalue weighted by atomic mass is 9.97. The average Bonchev–Trinajstić information content (AvgIpc) is 3.36. The number of benzene rings is 3. The molecule has 0 aromatic heterocycles. The van der Waals surface area contributed by atoms with E-state index in [0.717, 1.165) is 45.9 Å². The first-order chi connectivity index (χ1) is 18.0. The van der Waals surface area contributed by atoms with Crippen LogP contribution in [0.4, 0.5) is 5.69 Å². The van der Waals surface area contributed by atoms with Crippen LogP contribution in [0.15, 0.2) is 54.6 Å². The van der Waals surface area contributed by atoms with Crippen LogP contribution < -0.4 is 29.7 Å². The average molecular weight is 502 g/mol. The third-order valence-corrected chi connectivity index (χ3v) is 6.65. The number of carbonyl (C=O) groups excluding carboxylic acids is 2. The van der Waals surface area contributed by atoms with Crippen LogP contribution in [-0.2, 0) is 17.8 Å². The standard InChI is InChI=1S/C29H31N3O5/c1-19(33)31-12-11-30-18-22-7-6-21(17-27(22)35-2)29(34)32-13-10-24-23(4-3-5-25(24)32)20-8-9-26-28(16-20)37-15-14-36-26/h3-9,16-17,30H,10-15,18H2,1-2H3,(H,31,33).